The summed E-state index contributed by atoms with van der Waals surface area (Å²) in [6, 6.07) is -0.0479. The number of ether oxygens (including phenoxy) is 1. The molecule has 2 aliphatic rings. The van der Waals surface area contributed by atoms with Crippen molar-refractivity contribution in [2.24, 2.45) is 0 Å². The molecule has 0 aromatic carbocycles. The zero-order valence-electron chi connectivity index (χ0n) is 14.4. The summed E-state index contributed by atoms with van der Waals surface area (Å²) in [6.07, 6.45) is 4.79. The fraction of sp³-hybridized carbons (Fsp3) is 0.812. The predicted molar refractivity (Wildman–Crippen MR) is 89.0 cm³/mol. The Kier molecular flexibility index (Phi) is 5.55. The Morgan fingerprint density at radius 2 is 2.25 bits per heavy atom. The number of nitrogens with one attached hydrogen (secondary N) is 1. The van der Waals surface area contributed by atoms with Crippen molar-refractivity contribution in [2.75, 3.05) is 26.2 Å². The maximum absolute atomic E-state index is 12.2. The molecule has 2 aliphatic heterocycles. The normalized spacial score (nSPS) is 20.7. The van der Waals surface area contributed by atoms with Crippen LogP contribution in [0, 0.1) is 0 Å². The van der Waals surface area contributed by atoms with Gasteiger partial charge >= 0.3 is 11.7 Å². The predicted octanol–water partition coefficient (Wildman–Crippen LogP) is 0.592. The summed E-state index contributed by atoms with van der Waals surface area (Å²) in [5, 5.41) is 7.34. The highest BCUT2D eigenvalue weighted by atomic mass is 16.5. The van der Waals surface area contributed by atoms with Crippen molar-refractivity contribution in [1.29, 1.82) is 0 Å². The Bertz CT molecular complexity index is 624. The Balaban J connectivity index is 1.43. The Morgan fingerprint density at radius 3 is 3.04 bits per heavy atom. The molecule has 134 valence electrons. The molecule has 3 heterocycles. The molecule has 1 saturated heterocycles. The van der Waals surface area contributed by atoms with Crippen molar-refractivity contribution < 1.29 is 9.53 Å². The molecule has 0 bridgehead atoms. The topological polar surface area (TPSA) is 81.4 Å². The summed E-state index contributed by atoms with van der Waals surface area (Å²) < 4.78 is 8.89. The van der Waals surface area contributed by atoms with Gasteiger partial charge in [0.1, 0.15) is 5.82 Å². The van der Waals surface area contributed by atoms with E-state index in [9.17, 15) is 9.59 Å². The second-order valence-electron chi connectivity index (χ2n) is 6.46. The molecule has 8 nitrogen and oxygen atoms in total. The molecule has 0 saturated carbocycles. The summed E-state index contributed by atoms with van der Waals surface area (Å²) in [5.74, 6) is 0.897. The molecule has 1 aromatic heterocycles. The van der Waals surface area contributed by atoms with E-state index < -0.39 is 0 Å². The number of carbonyl (C=O) groups excluding carboxylic acids is 1. The highest BCUT2D eigenvalue weighted by Gasteiger charge is 2.22. The van der Waals surface area contributed by atoms with Crippen LogP contribution in [0.4, 0.5) is 4.79 Å². The van der Waals surface area contributed by atoms with Gasteiger partial charge in [-0.2, -0.15) is 5.10 Å². The van der Waals surface area contributed by atoms with Crippen LogP contribution in [-0.2, 0) is 24.2 Å². The molecule has 1 aromatic rings. The molecule has 3 rings (SSSR count). The number of hydrogen-bond acceptors (Lipinski definition) is 4. The number of urea groups is 1. The molecule has 1 N–H and O–H groups in total. The van der Waals surface area contributed by atoms with Crippen molar-refractivity contribution in [3.05, 3.63) is 16.3 Å². The van der Waals surface area contributed by atoms with Crippen LogP contribution in [0.25, 0.3) is 0 Å². The lowest BCUT2D eigenvalue weighted by molar-refractivity contribution is -0.0153. The van der Waals surface area contributed by atoms with Gasteiger partial charge in [-0.05, 0) is 25.7 Å². The van der Waals surface area contributed by atoms with Crippen molar-refractivity contribution in [2.45, 2.75) is 58.2 Å². The summed E-state index contributed by atoms with van der Waals surface area (Å²) in [5.41, 5.74) is -0.0185. The minimum atomic E-state index is -0.0479. The summed E-state index contributed by atoms with van der Waals surface area (Å²) in [7, 11) is 0. The van der Waals surface area contributed by atoms with Crippen LogP contribution in [0.5, 0.6) is 0 Å². The van der Waals surface area contributed by atoms with Gasteiger partial charge in [0.05, 0.1) is 12.7 Å². The highest BCUT2D eigenvalue weighted by Crippen LogP contribution is 2.10. The number of fused-ring (bicyclic) bond motifs is 1. The fourth-order valence-electron chi connectivity index (χ4n) is 3.28. The number of carbonyl (C=O) groups is 1. The molecular weight excluding hydrogens is 310 g/mol. The molecule has 1 atom stereocenters. The van der Waals surface area contributed by atoms with Crippen molar-refractivity contribution in [3.8, 4) is 0 Å². The van der Waals surface area contributed by atoms with Crippen LogP contribution < -0.4 is 11.0 Å². The first kappa shape index (κ1) is 17.0. The second-order valence-corrected chi connectivity index (χ2v) is 6.46. The standard InChI is InChI=1S/C16H27N5O3/c1-2-13-12-19(10-11-24-13)15(22)17-7-5-9-21-16(23)20-8-4-3-6-14(20)18-21/h13H,2-12H2,1H3,(H,17,22)/t13-/m0/s1. The smallest absolute Gasteiger partial charge is 0.345 e. The number of amides is 2. The minimum absolute atomic E-state index is 0.0185. The summed E-state index contributed by atoms with van der Waals surface area (Å²) in [4.78, 5) is 26.2. The molecule has 0 unspecified atom stereocenters. The first-order chi connectivity index (χ1) is 11.7. The summed E-state index contributed by atoms with van der Waals surface area (Å²) in [6.45, 7) is 5.81. The van der Waals surface area contributed by atoms with E-state index in [0.717, 1.165) is 38.1 Å². The summed E-state index contributed by atoms with van der Waals surface area (Å²) >= 11 is 0. The zero-order valence-corrected chi connectivity index (χ0v) is 14.4. The zero-order chi connectivity index (χ0) is 16.9. The van der Waals surface area contributed by atoms with Gasteiger partial charge in [0.15, 0.2) is 0 Å². The number of hydrogen-bond donors (Lipinski definition) is 1. The van der Waals surface area contributed by atoms with Crippen LogP contribution in [0.1, 0.15) is 38.4 Å². The van der Waals surface area contributed by atoms with Crippen LogP contribution in [0.3, 0.4) is 0 Å². The van der Waals surface area contributed by atoms with E-state index in [1.165, 1.54) is 4.68 Å². The Hall–Kier alpha value is -1.83. The lowest BCUT2D eigenvalue weighted by Crippen LogP contribution is -2.49. The molecule has 0 spiro atoms. The average Bonchev–Trinajstić information content (AvgIpc) is 2.95. The first-order valence-corrected chi connectivity index (χ1v) is 9.00. The van der Waals surface area contributed by atoms with Crippen molar-refractivity contribution >= 4 is 6.03 Å². The van der Waals surface area contributed by atoms with Crippen LogP contribution in [0.15, 0.2) is 4.79 Å². The van der Waals surface area contributed by atoms with E-state index in [1.807, 2.05) is 0 Å². The Labute approximate surface area is 141 Å². The molecule has 1 fully saturated rings. The van der Waals surface area contributed by atoms with Gasteiger partial charge in [-0.1, -0.05) is 6.92 Å². The number of aromatic nitrogens is 3. The van der Waals surface area contributed by atoms with Crippen molar-refractivity contribution in [1.82, 2.24) is 24.6 Å². The van der Waals surface area contributed by atoms with Gasteiger partial charge in [0.2, 0.25) is 0 Å². The molecule has 24 heavy (non-hydrogen) atoms. The quantitative estimate of drug-likeness (QED) is 0.798. The van der Waals surface area contributed by atoms with E-state index in [0.29, 0.717) is 39.2 Å². The van der Waals surface area contributed by atoms with Gasteiger partial charge < -0.3 is 15.0 Å². The maximum atomic E-state index is 12.2. The molecular formula is C16H27N5O3. The van der Waals surface area contributed by atoms with E-state index >= 15 is 0 Å². The monoisotopic (exact) mass is 337 g/mol. The number of aryl methyl sites for hydroxylation is 2. The molecule has 8 heteroatoms. The average molecular weight is 337 g/mol. The third-order valence-corrected chi connectivity index (χ3v) is 4.74. The third-order valence-electron chi connectivity index (χ3n) is 4.74. The van der Waals surface area contributed by atoms with Gasteiger partial charge in [-0.3, -0.25) is 4.57 Å². The van der Waals surface area contributed by atoms with E-state index in [-0.39, 0.29) is 17.8 Å². The molecule has 2 amide bonds. The first-order valence-electron chi connectivity index (χ1n) is 9.00. The molecule has 0 radical (unpaired) electrons. The van der Waals surface area contributed by atoms with Gasteiger partial charge in [-0.25, -0.2) is 14.3 Å². The van der Waals surface area contributed by atoms with E-state index in [4.69, 9.17) is 4.74 Å². The van der Waals surface area contributed by atoms with Crippen LogP contribution in [-0.4, -0.2) is 57.6 Å². The lowest BCUT2D eigenvalue weighted by atomic mass is 10.2. The number of rotatable bonds is 5. The van der Waals surface area contributed by atoms with Gasteiger partial charge in [-0.15, -0.1) is 0 Å². The van der Waals surface area contributed by atoms with Crippen LogP contribution in [0.2, 0.25) is 0 Å². The minimum Gasteiger partial charge on any atom is -0.375 e. The third kappa shape index (κ3) is 3.80. The van der Waals surface area contributed by atoms with E-state index in [2.05, 4.69) is 17.3 Å². The van der Waals surface area contributed by atoms with E-state index in [1.54, 1.807) is 9.47 Å². The second kappa shape index (κ2) is 7.83. The van der Waals surface area contributed by atoms with Crippen LogP contribution >= 0.6 is 0 Å². The maximum Gasteiger partial charge on any atom is 0.345 e. The number of morpholine rings is 1. The van der Waals surface area contributed by atoms with Gasteiger partial charge in [0.25, 0.3) is 0 Å². The van der Waals surface area contributed by atoms with Crippen molar-refractivity contribution in [3.63, 3.8) is 0 Å². The lowest BCUT2D eigenvalue weighted by Gasteiger charge is -2.32. The molecule has 0 aliphatic carbocycles. The van der Waals surface area contributed by atoms with Gasteiger partial charge in [0, 0.05) is 39.1 Å². The fourth-order valence-corrected chi connectivity index (χ4v) is 3.28. The Morgan fingerprint density at radius 1 is 1.38 bits per heavy atom. The largest absolute Gasteiger partial charge is 0.375 e. The number of nitrogens with zero attached hydrogens (tertiary/aromatic N) is 4. The SMILES string of the molecule is CC[C@H]1CN(C(=O)NCCCn2nc3n(c2=O)CCCC3)CCO1. The highest BCUT2D eigenvalue weighted by molar-refractivity contribution is 5.74.